The molecule has 4 heteroatoms. The van der Waals surface area contributed by atoms with Crippen LogP contribution in [0.25, 0.3) is 0 Å². The molecular formula is C10H13BrN2O. The van der Waals surface area contributed by atoms with E-state index in [1.807, 2.05) is 31.2 Å². The van der Waals surface area contributed by atoms with E-state index in [9.17, 15) is 4.79 Å². The monoisotopic (exact) mass is 256 g/mol. The van der Waals surface area contributed by atoms with Crippen LogP contribution in [0.15, 0.2) is 28.7 Å². The third-order valence-electron chi connectivity index (χ3n) is 1.90. The number of urea groups is 1. The molecule has 1 N–H and O–H groups in total. The summed E-state index contributed by atoms with van der Waals surface area (Å²) in [4.78, 5) is 13.1. The molecule has 1 rings (SSSR count). The Balaban J connectivity index is 2.65. The van der Waals surface area contributed by atoms with Gasteiger partial charge in [0.1, 0.15) is 0 Å². The molecule has 0 saturated heterocycles. The second-order valence-electron chi connectivity index (χ2n) is 2.95. The third kappa shape index (κ3) is 3.03. The summed E-state index contributed by atoms with van der Waals surface area (Å²) in [6, 6.07) is 7.42. The first kappa shape index (κ1) is 11.0. The summed E-state index contributed by atoms with van der Waals surface area (Å²) in [6.07, 6.45) is 0. The molecule has 0 radical (unpaired) electrons. The summed E-state index contributed by atoms with van der Waals surface area (Å²) >= 11 is 3.34. The van der Waals surface area contributed by atoms with Crippen LogP contribution in [-0.2, 0) is 0 Å². The van der Waals surface area contributed by atoms with Gasteiger partial charge in [0.15, 0.2) is 0 Å². The smallest absolute Gasteiger partial charge is 0.321 e. The minimum atomic E-state index is -0.0920. The van der Waals surface area contributed by atoms with Crippen LogP contribution in [0.3, 0.4) is 0 Å². The number of hydrogen-bond donors (Lipinski definition) is 1. The highest BCUT2D eigenvalue weighted by atomic mass is 79.9. The van der Waals surface area contributed by atoms with E-state index >= 15 is 0 Å². The fraction of sp³-hybridized carbons (Fsp3) is 0.300. The molecule has 0 spiro atoms. The van der Waals surface area contributed by atoms with Gasteiger partial charge in [-0.3, -0.25) is 0 Å². The summed E-state index contributed by atoms with van der Waals surface area (Å²) in [5.41, 5.74) is 0.796. The van der Waals surface area contributed by atoms with E-state index in [1.165, 1.54) is 0 Å². The van der Waals surface area contributed by atoms with Crippen molar-refractivity contribution in [2.24, 2.45) is 0 Å². The van der Waals surface area contributed by atoms with Gasteiger partial charge in [0, 0.05) is 23.8 Å². The highest BCUT2D eigenvalue weighted by Gasteiger charge is 2.05. The lowest BCUT2D eigenvalue weighted by Gasteiger charge is -2.15. The quantitative estimate of drug-likeness (QED) is 0.867. The fourth-order valence-electron chi connectivity index (χ4n) is 0.929. The van der Waals surface area contributed by atoms with Gasteiger partial charge < -0.3 is 10.2 Å². The highest BCUT2D eigenvalue weighted by molar-refractivity contribution is 9.10. The Morgan fingerprint density at radius 3 is 2.86 bits per heavy atom. The number of nitrogens with zero attached hydrogens (tertiary/aromatic N) is 1. The Labute approximate surface area is 92.2 Å². The first-order valence-electron chi connectivity index (χ1n) is 4.41. The van der Waals surface area contributed by atoms with Gasteiger partial charge in [0.2, 0.25) is 0 Å². The molecule has 2 amide bonds. The standard InChI is InChI=1S/C10H13BrN2O/c1-3-13(2)10(14)12-9-6-4-5-8(11)7-9/h4-7H,3H2,1-2H3,(H,12,14). The zero-order valence-corrected chi connectivity index (χ0v) is 9.84. The van der Waals surface area contributed by atoms with Crippen LogP contribution in [0.5, 0.6) is 0 Å². The van der Waals surface area contributed by atoms with Gasteiger partial charge in [0.05, 0.1) is 0 Å². The van der Waals surface area contributed by atoms with Gasteiger partial charge in [-0.2, -0.15) is 0 Å². The van der Waals surface area contributed by atoms with E-state index in [4.69, 9.17) is 0 Å². The minimum absolute atomic E-state index is 0.0920. The number of nitrogens with one attached hydrogen (secondary N) is 1. The lowest BCUT2D eigenvalue weighted by Crippen LogP contribution is -2.30. The van der Waals surface area contributed by atoms with Crippen molar-refractivity contribution in [2.75, 3.05) is 18.9 Å². The van der Waals surface area contributed by atoms with Crippen molar-refractivity contribution >= 4 is 27.6 Å². The summed E-state index contributed by atoms with van der Waals surface area (Å²) in [7, 11) is 1.76. The number of rotatable bonds is 2. The van der Waals surface area contributed by atoms with E-state index in [2.05, 4.69) is 21.2 Å². The second-order valence-corrected chi connectivity index (χ2v) is 3.87. The Kier molecular flexibility index (Phi) is 3.95. The Bertz CT molecular complexity index is 328. The summed E-state index contributed by atoms with van der Waals surface area (Å²) < 4.78 is 0.953. The molecule has 0 aliphatic heterocycles. The number of hydrogen-bond acceptors (Lipinski definition) is 1. The zero-order chi connectivity index (χ0) is 10.6. The molecule has 0 aliphatic carbocycles. The largest absolute Gasteiger partial charge is 0.328 e. The summed E-state index contributed by atoms with van der Waals surface area (Å²) in [5, 5.41) is 2.79. The summed E-state index contributed by atoms with van der Waals surface area (Å²) in [6.45, 7) is 2.63. The van der Waals surface area contributed by atoms with E-state index < -0.39 is 0 Å². The van der Waals surface area contributed by atoms with Crippen molar-refractivity contribution in [3.8, 4) is 0 Å². The van der Waals surface area contributed by atoms with E-state index in [-0.39, 0.29) is 6.03 Å². The van der Waals surface area contributed by atoms with Crippen LogP contribution >= 0.6 is 15.9 Å². The fourth-order valence-corrected chi connectivity index (χ4v) is 1.33. The van der Waals surface area contributed by atoms with Crippen molar-refractivity contribution in [2.45, 2.75) is 6.92 Å². The van der Waals surface area contributed by atoms with Crippen LogP contribution in [-0.4, -0.2) is 24.5 Å². The van der Waals surface area contributed by atoms with Crippen LogP contribution in [0.1, 0.15) is 6.92 Å². The van der Waals surface area contributed by atoms with Crippen molar-refractivity contribution in [3.63, 3.8) is 0 Å². The predicted molar refractivity (Wildman–Crippen MR) is 61.5 cm³/mol. The molecule has 1 aromatic rings. The number of amides is 2. The van der Waals surface area contributed by atoms with Gasteiger partial charge in [-0.15, -0.1) is 0 Å². The van der Waals surface area contributed by atoms with Gasteiger partial charge in [0.25, 0.3) is 0 Å². The molecular weight excluding hydrogens is 244 g/mol. The summed E-state index contributed by atoms with van der Waals surface area (Å²) in [5.74, 6) is 0. The van der Waals surface area contributed by atoms with Crippen LogP contribution in [0, 0.1) is 0 Å². The molecule has 76 valence electrons. The number of carbonyl (C=O) groups excluding carboxylic acids is 1. The molecule has 0 heterocycles. The number of carbonyl (C=O) groups is 1. The van der Waals surface area contributed by atoms with E-state index in [1.54, 1.807) is 11.9 Å². The van der Waals surface area contributed by atoms with Gasteiger partial charge in [-0.1, -0.05) is 22.0 Å². The van der Waals surface area contributed by atoms with Gasteiger partial charge in [-0.25, -0.2) is 4.79 Å². The van der Waals surface area contributed by atoms with E-state index in [0.29, 0.717) is 6.54 Å². The second kappa shape index (κ2) is 5.00. The van der Waals surface area contributed by atoms with Gasteiger partial charge in [-0.05, 0) is 25.1 Å². The Morgan fingerprint density at radius 2 is 2.29 bits per heavy atom. The van der Waals surface area contributed by atoms with Crippen LogP contribution in [0.2, 0.25) is 0 Å². The maximum atomic E-state index is 11.5. The molecule has 0 unspecified atom stereocenters. The van der Waals surface area contributed by atoms with Crippen LogP contribution < -0.4 is 5.32 Å². The first-order valence-corrected chi connectivity index (χ1v) is 5.20. The lowest BCUT2D eigenvalue weighted by atomic mass is 10.3. The topological polar surface area (TPSA) is 32.3 Å². The van der Waals surface area contributed by atoms with E-state index in [0.717, 1.165) is 10.2 Å². The molecule has 0 atom stereocenters. The van der Waals surface area contributed by atoms with Crippen molar-refractivity contribution < 1.29 is 4.79 Å². The molecule has 14 heavy (non-hydrogen) atoms. The molecule has 3 nitrogen and oxygen atoms in total. The average Bonchev–Trinajstić information content (AvgIpc) is 2.16. The Morgan fingerprint density at radius 1 is 1.57 bits per heavy atom. The normalized spacial score (nSPS) is 9.64. The predicted octanol–water partition coefficient (Wildman–Crippen LogP) is 2.93. The molecule has 0 bridgehead atoms. The Hall–Kier alpha value is -1.03. The third-order valence-corrected chi connectivity index (χ3v) is 2.39. The molecule has 0 saturated carbocycles. The first-order chi connectivity index (χ1) is 6.63. The van der Waals surface area contributed by atoms with Crippen molar-refractivity contribution in [1.29, 1.82) is 0 Å². The minimum Gasteiger partial charge on any atom is -0.328 e. The number of benzene rings is 1. The molecule has 0 aliphatic rings. The lowest BCUT2D eigenvalue weighted by molar-refractivity contribution is 0.224. The maximum absolute atomic E-state index is 11.5. The van der Waals surface area contributed by atoms with Crippen molar-refractivity contribution in [3.05, 3.63) is 28.7 Å². The maximum Gasteiger partial charge on any atom is 0.321 e. The number of halogens is 1. The highest BCUT2D eigenvalue weighted by Crippen LogP contribution is 2.15. The van der Waals surface area contributed by atoms with Gasteiger partial charge >= 0.3 is 6.03 Å². The molecule has 1 aromatic carbocycles. The SMILES string of the molecule is CCN(C)C(=O)Nc1cccc(Br)c1. The molecule has 0 aromatic heterocycles. The average molecular weight is 257 g/mol. The van der Waals surface area contributed by atoms with Crippen LogP contribution in [0.4, 0.5) is 10.5 Å². The zero-order valence-electron chi connectivity index (χ0n) is 8.25. The van der Waals surface area contributed by atoms with Crippen molar-refractivity contribution in [1.82, 2.24) is 4.90 Å². The molecule has 0 fully saturated rings. The number of anilines is 1.